The maximum Gasteiger partial charge on any atom is 0.246 e. The van der Waals surface area contributed by atoms with Crippen LogP contribution in [-0.4, -0.2) is 25.1 Å². The van der Waals surface area contributed by atoms with Crippen molar-refractivity contribution in [2.45, 2.75) is 31.9 Å². The first kappa shape index (κ1) is 13.7. The number of halogens is 1. The van der Waals surface area contributed by atoms with Crippen molar-refractivity contribution in [3.8, 4) is 5.88 Å². The summed E-state index contributed by atoms with van der Waals surface area (Å²) in [7, 11) is 0. The molecule has 3 aromatic rings. The lowest BCUT2D eigenvalue weighted by Gasteiger charge is -2.11. The molecule has 6 heteroatoms. The van der Waals surface area contributed by atoms with E-state index in [0.717, 1.165) is 23.2 Å². The topological polar surface area (TPSA) is 52.8 Å². The van der Waals surface area contributed by atoms with E-state index in [1.54, 1.807) is 6.33 Å². The molecule has 22 heavy (non-hydrogen) atoms. The average molecular weight is 359 g/mol. The maximum atomic E-state index is 6.00. The first-order chi connectivity index (χ1) is 10.6. The lowest BCUT2D eigenvalue weighted by molar-refractivity contribution is 0.194. The van der Waals surface area contributed by atoms with Gasteiger partial charge in [-0.2, -0.15) is 4.98 Å². The third-order valence-corrected chi connectivity index (χ3v) is 4.54. The third kappa shape index (κ3) is 2.47. The molecular formula is C16H15BrN4O. The normalized spacial score (nSPS) is 15.9. The first-order valence-corrected chi connectivity index (χ1v) is 8.04. The minimum Gasteiger partial charge on any atom is -0.470 e. The maximum absolute atomic E-state index is 6.00. The average Bonchev–Trinajstić information content (AvgIpc) is 3.16. The van der Waals surface area contributed by atoms with Gasteiger partial charge in [-0.1, -0.05) is 30.3 Å². The second-order valence-corrected chi connectivity index (χ2v) is 6.56. The quantitative estimate of drug-likeness (QED) is 0.669. The zero-order chi connectivity index (χ0) is 15.2. The molecule has 0 saturated heterocycles. The summed E-state index contributed by atoms with van der Waals surface area (Å²) in [5, 5.41) is 0. The van der Waals surface area contributed by atoms with Crippen LogP contribution in [0.15, 0.2) is 41.4 Å². The van der Waals surface area contributed by atoms with E-state index in [-0.39, 0.29) is 5.60 Å². The molecule has 1 aromatic carbocycles. The Kier molecular flexibility index (Phi) is 3.14. The number of aromatic nitrogens is 4. The summed E-state index contributed by atoms with van der Waals surface area (Å²) in [6.07, 6.45) is 3.66. The fourth-order valence-electron chi connectivity index (χ4n) is 2.38. The molecule has 0 atom stereocenters. The molecule has 0 aliphatic heterocycles. The second kappa shape index (κ2) is 5.05. The lowest BCUT2D eigenvalue weighted by Crippen LogP contribution is -2.13. The van der Waals surface area contributed by atoms with E-state index >= 15 is 0 Å². The molecule has 2 aromatic heterocycles. The van der Waals surface area contributed by atoms with Crippen LogP contribution in [-0.2, 0) is 6.54 Å². The van der Waals surface area contributed by atoms with Crippen molar-refractivity contribution in [1.29, 1.82) is 0 Å². The van der Waals surface area contributed by atoms with Crippen LogP contribution >= 0.6 is 15.9 Å². The summed E-state index contributed by atoms with van der Waals surface area (Å²) < 4.78 is 8.75. The molecule has 0 bridgehead atoms. The molecule has 4 rings (SSSR count). The summed E-state index contributed by atoms with van der Waals surface area (Å²) in [5.74, 6) is 0.567. The van der Waals surface area contributed by atoms with E-state index in [2.05, 4.69) is 49.9 Å². The summed E-state index contributed by atoms with van der Waals surface area (Å²) in [4.78, 5) is 13.2. The van der Waals surface area contributed by atoms with Gasteiger partial charge in [0.25, 0.3) is 0 Å². The molecule has 112 valence electrons. The van der Waals surface area contributed by atoms with Gasteiger partial charge in [0.2, 0.25) is 5.88 Å². The van der Waals surface area contributed by atoms with Gasteiger partial charge in [0.05, 0.1) is 6.54 Å². The van der Waals surface area contributed by atoms with Crippen LogP contribution in [0.5, 0.6) is 5.88 Å². The molecule has 0 amide bonds. The van der Waals surface area contributed by atoms with Crippen molar-refractivity contribution in [1.82, 2.24) is 19.5 Å². The van der Waals surface area contributed by atoms with Gasteiger partial charge in [-0.3, -0.25) is 4.57 Å². The highest BCUT2D eigenvalue weighted by Crippen LogP contribution is 2.40. The summed E-state index contributed by atoms with van der Waals surface area (Å²) in [6.45, 7) is 2.79. The second-order valence-electron chi connectivity index (χ2n) is 5.86. The number of ether oxygens (including phenoxy) is 1. The third-order valence-electron chi connectivity index (χ3n) is 3.93. The van der Waals surface area contributed by atoms with Gasteiger partial charge in [0.15, 0.2) is 15.9 Å². The van der Waals surface area contributed by atoms with Crippen molar-refractivity contribution in [2.75, 3.05) is 0 Å². The van der Waals surface area contributed by atoms with Gasteiger partial charge in [-0.25, -0.2) is 9.97 Å². The van der Waals surface area contributed by atoms with Crippen molar-refractivity contribution in [3.05, 3.63) is 47.0 Å². The highest BCUT2D eigenvalue weighted by Gasteiger charge is 2.41. The minimum absolute atomic E-state index is 0.0863. The van der Waals surface area contributed by atoms with Crippen LogP contribution in [0.1, 0.15) is 25.3 Å². The molecule has 2 heterocycles. The Morgan fingerprint density at radius 2 is 2.00 bits per heavy atom. The molecule has 1 fully saturated rings. The summed E-state index contributed by atoms with van der Waals surface area (Å²) in [6, 6.07) is 10.2. The number of hydrogen-bond acceptors (Lipinski definition) is 4. The van der Waals surface area contributed by atoms with Crippen LogP contribution < -0.4 is 4.74 Å². The standard InChI is InChI=1S/C16H15BrN4O/c1-16(7-8-16)22-14-12-13(18-10-19-14)21(15(17)20-12)9-11-5-3-2-4-6-11/h2-6,10H,7-9H2,1H3. The van der Waals surface area contributed by atoms with Crippen LogP contribution in [0, 0.1) is 0 Å². The Hall–Kier alpha value is -1.95. The van der Waals surface area contributed by atoms with Gasteiger partial charge in [0.1, 0.15) is 11.9 Å². The minimum atomic E-state index is -0.0863. The molecule has 0 radical (unpaired) electrons. The molecule has 0 unspecified atom stereocenters. The summed E-state index contributed by atoms with van der Waals surface area (Å²) >= 11 is 3.53. The van der Waals surface area contributed by atoms with Gasteiger partial charge >= 0.3 is 0 Å². The van der Waals surface area contributed by atoms with Crippen molar-refractivity contribution in [3.63, 3.8) is 0 Å². The zero-order valence-electron chi connectivity index (χ0n) is 12.2. The van der Waals surface area contributed by atoms with E-state index in [0.29, 0.717) is 17.9 Å². The fourth-order valence-corrected chi connectivity index (χ4v) is 2.85. The first-order valence-electron chi connectivity index (χ1n) is 7.24. The smallest absolute Gasteiger partial charge is 0.246 e. The van der Waals surface area contributed by atoms with Gasteiger partial charge in [-0.15, -0.1) is 0 Å². The highest BCUT2D eigenvalue weighted by atomic mass is 79.9. The van der Waals surface area contributed by atoms with E-state index < -0.39 is 0 Å². The highest BCUT2D eigenvalue weighted by molar-refractivity contribution is 9.10. The van der Waals surface area contributed by atoms with Crippen LogP contribution in [0.25, 0.3) is 11.2 Å². The Labute approximate surface area is 136 Å². The number of hydrogen-bond donors (Lipinski definition) is 0. The largest absolute Gasteiger partial charge is 0.470 e. The van der Waals surface area contributed by atoms with Crippen molar-refractivity contribution in [2.24, 2.45) is 0 Å². The molecule has 0 spiro atoms. The van der Waals surface area contributed by atoms with E-state index in [1.807, 2.05) is 22.8 Å². The molecular weight excluding hydrogens is 344 g/mol. The Morgan fingerprint density at radius 3 is 2.73 bits per heavy atom. The van der Waals surface area contributed by atoms with Crippen LogP contribution in [0.2, 0.25) is 0 Å². The Balaban J connectivity index is 1.76. The van der Waals surface area contributed by atoms with Crippen LogP contribution in [0.4, 0.5) is 0 Å². The SMILES string of the molecule is CC1(Oc2ncnc3c2nc(Br)n3Cc2ccccc2)CC1. The predicted octanol–water partition coefficient (Wildman–Crippen LogP) is 3.57. The number of imidazole rings is 1. The number of rotatable bonds is 4. The number of benzene rings is 1. The van der Waals surface area contributed by atoms with E-state index in [1.165, 1.54) is 5.56 Å². The van der Waals surface area contributed by atoms with E-state index in [9.17, 15) is 0 Å². The van der Waals surface area contributed by atoms with Gasteiger partial charge in [0, 0.05) is 0 Å². The van der Waals surface area contributed by atoms with E-state index in [4.69, 9.17) is 4.74 Å². The predicted molar refractivity (Wildman–Crippen MR) is 86.8 cm³/mol. The Morgan fingerprint density at radius 1 is 1.23 bits per heavy atom. The lowest BCUT2D eigenvalue weighted by atomic mass is 10.2. The molecule has 0 N–H and O–H groups in total. The van der Waals surface area contributed by atoms with Crippen LogP contribution in [0.3, 0.4) is 0 Å². The molecule has 5 nitrogen and oxygen atoms in total. The number of fused-ring (bicyclic) bond motifs is 1. The van der Waals surface area contributed by atoms with Crippen molar-refractivity contribution >= 4 is 27.1 Å². The molecule has 1 aliphatic carbocycles. The fraction of sp³-hybridized carbons (Fsp3) is 0.312. The monoisotopic (exact) mass is 358 g/mol. The Bertz CT molecular complexity index is 827. The molecule has 1 saturated carbocycles. The van der Waals surface area contributed by atoms with Crippen molar-refractivity contribution < 1.29 is 4.74 Å². The number of nitrogens with zero attached hydrogens (tertiary/aromatic N) is 4. The zero-order valence-corrected chi connectivity index (χ0v) is 13.7. The molecule has 1 aliphatic rings. The van der Waals surface area contributed by atoms with Gasteiger partial charge < -0.3 is 4.74 Å². The summed E-state index contributed by atoms with van der Waals surface area (Å²) in [5.41, 5.74) is 2.60. The van der Waals surface area contributed by atoms with Gasteiger partial charge in [-0.05, 0) is 41.3 Å².